The first-order chi connectivity index (χ1) is 29.3. The van der Waals surface area contributed by atoms with Crippen molar-refractivity contribution >= 4 is 17.1 Å². The molecule has 0 N–H and O–H groups in total. The van der Waals surface area contributed by atoms with Crippen molar-refractivity contribution < 1.29 is 0 Å². The van der Waals surface area contributed by atoms with Gasteiger partial charge in [0.05, 0.1) is 5.41 Å². The van der Waals surface area contributed by atoms with E-state index in [2.05, 4.69) is 236 Å². The molecule has 0 aliphatic heterocycles. The maximum Gasteiger partial charge on any atom is 0.0726 e. The van der Waals surface area contributed by atoms with Crippen LogP contribution in [0.15, 0.2) is 176 Å². The number of nitrogens with zero attached hydrogens (tertiary/aromatic N) is 1. The first-order valence-corrected chi connectivity index (χ1v) is 22.0. The highest BCUT2D eigenvalue weighted by atomic mass is 15.1. The number of benzene rings is 8. The van der Waals surface area contributed by atoms with Crippen molar-refractivity contribution in [3.8, 4) is 44.5 Å². The molecule has 11 rings (SSSR count). The molecule has 0 aromatic heterocycles. The highest BCUT2D eigenvalue weighted by molar-refractivity contribution is 5.97. The van der Waals surface area contributed by atoms with Gasteiger partial charge in [-0.25, -0.2) is 0 Å². The third-order valence-corrected chi connectivity index (χ3v) is 14.2. The molecule has 0 unspecified atom stereocenters. The Kier molecular flexibility index (Phi) is 8.02. The first kappa shape index (κ1) is 37.6. The van der Waals surface area contributed by atoms with Gasteiger partial charge in [-0.2, -0.15) is 0 Å². The molecule has 3 aliphatic carbocycles. The van der Waals surface area contributed by atoms with Crippen LogP contribution in [-0.4, -0.2) is 0 Å². The van der Waals surface area contributed by atoms with E-state index in [1.165, 1.54) is 89.0 Å². The Morgan fingerprint density at radius 1 is 0.328 bits per heavy atom. The number of anilines is 3. The van der Waals surface area contributed by atoms with Crippen molar-refractivity contribution in [1.82, 2.24) is 0 Å². The van der Waals surface area contributed by atoms with Gasteiger partial charge in [0.15, 0.2) is 0 Å². The summed E-state index contributed by atoms with van der Waals surface area (Å²) >= 11 is 0. The monoisotopic (exact) mass is 787 g/mol. The van der Waals surface area contributed by atoms with Crippen molar-refractivity contribution in [3.63, 3.8) is 0 Å². The average Bonchev–Trinajstić information content (AvgIpc) is 3.81. The minimum absolute atomic E-state index is 0.00800. The van der Waals surface area contributed by atoms with Crippen LogP contribution in [0.1, 0.15) is 99.9 Å². The average molecular weight is 788 g/mol. The van der Waals surface area contributed by atoms with Gasteiger partial charge in [0.25, 0.3) is 0 Å². The van der Waals surface area contributed by atoms with Gasteiger partial charge < -0.3 is 4.90 Å². The Labute approximate surface area is 362 Å². The number of fused-ring (bicyclic) bond motifs is 13. The molecule has 1 heteroatoms. The van der Waals surface area contributed by atoms with Crippen LogP contribution in [0.5, 0.6) is 0 Å². The Morgan fingerprint density at radius 3 is 1.34 bits per heavy atom. The molecule has 8 aromatic rings. The molecular formula is C60H53N. The molecule has 0 amide bonds. The smallest absolute Gasteiger partial charge is 0.0726 e. The Balaban J connectivity index is 1.20. The zero-order valence-corrected chi connectivity index (χ0v) is 36.7. The van der Waals surface area contributed by atoms with E-state index >= 15 is 0 Å². The van der Waals surface area contributed by atoms with Crippen molar-refractivity contribution in [2.24, 2.45) is 0 Å². The maximum absolute atomic E-state index is 2.55. The van der Waals surface area contributed by atoms with Crippen LogP contribution in [0.25, 0.3) is 44.5 Å². The summed E-state index contributed by atoms with van der Waals surface area (Å²) in [5.74, 6) is 0. The van der Waals surface area contributed by atoms with E-state index in [1.807, 2.05) is 0 Å². The number of rotatable bonds is 4. The third kappa shape index (κ3) is 5.46. The lowest BCUT2D eigenvalue weighted by Crippen LogP contribution is -2.27. The van der Waals surface area contributed by atoms with Crippen molar-refractivity contribution in [2.75, 3.05) is 4.90 Å². The van der Waals surface area contributed by atoms with Gasteiger partial charge in [0, 0.05) is 22.5 Å². The number of hydrogen-bond acceptors (Lipinski definition) is 1. The largest absolute Gasteiger partial charge is 0.310 e. The molecular weight excluding hydrogens is 735 g/mol. The van der Waals surface area contributed by atoms with Crippen molar-refractivity contribution in [2.45, 2.75) is 77.0 Å². The molecule has 0 radical (unpaired) electrons. The van der Waals surface area contributed by atoms with Crippen LogP contribution in [-0.2, 0) is 21.7 Å². The van der Waals surface area contributed by atoms with Gasteiger partial charge in [-0.1, -0.05) is 195 Å². The van der Waals surface area contributed by atoms with E-state index < -0.39 is 5.41 Å². The Hall–Kier alpha value is -6.44. The summed E-state index contributed by atoms with van der Waals surface area (Å²) in [6, 6.07) is 67.2. The zero-order chi connectivity index (χ0) is 42.1. The van der Waals surface area contributed by atoms with E-state index in [0.29, 0.717) is 0 Å². The summed E-state index contributed by atoms with van der Waals surface area (Å²) in [4.78, 5) is 2.51. The predicted octanol–water partition coefficient (Wildman–Crippen LogP) is 16.1. The Morgan fingerprint density at radius 2 is 0.754 bits per heavy atom. The van der Waals surface area contributed by atoms with Crippen molar-refractivity contribution in [1.29, 1.82) is 0 Å². The second-order valence-electron chi connectivity index (χ2n) is 20.2. The van der Waals surface area contributed by atoms with E-state index in [1.54, 1.807) is 0 Å². The summed E-state index contributed by atoms with van der Waals surface area (Å²) in [5, 5.41) is 0. The maximum atomic E-state index is 2.55. The highest BCUT2D eigenvalue weighted by Crippen LogP contribution is 2.64. The van der Waals surface area contributed by atoms with Gasteiger partial charge in [-0.3, -0.25) is 0 Å². The summed E-state index contributed by atoms with van der Waals surface area (Å²) < 4.78 is 0. The highest BCUT2D eigenvalue weighted by Gasteiger charge is 2.52. The summed E-state index contributed by atoms with van der Waals surface area (Å²) in [5.41, 5.74) is 24.2. The lowest BCUT2D eigenvalue weighted by molar-refractivity contribution is 0.586. The molecule has 1 spiro atoms. The minimum Gasteiger partial charge on any atom is -0.310 e. The second-order valence-corrected chi connectivity index (χ2v) is 20.2. The lowest BCUT2D eigenvalue weighted by atomic mass is 9.68. The quantitative estimate of drug-likeness (QED) is 0.172. The van der Waals surface area contributed by atoms with Crippen LogP contribution < -0.4 is 4.90 Å². The lowest BCUT2D eigenvalue weighted by Gasteiger charge is -2.34. The van der Waals surface area contributed by atoms with Gasteiger partial charge in [0.1, 0.15) is 0 Å². The fourth-order valence-electron chi connectivity index (χ4n) is 11.0. The van der Waals surface area contributed by atoms with Crippen LogP contribution in [0, 0.1) is 0 Å². The molecule has 0 saturated heterocycles. The number of hydrogen-bond donors (Lipinski definition) is 0. The standard InChI is InChI=1S/C60H53N/c1-57(2,3)40-25-29-48-49-30-26-41(58(4,5)6)35-55(49)60(54(48)34-40)52-24-15-13-22-46(52)50-32-28-44(37-56(50)60)61(42-20-16-19-39(33-42)38-17-10-9-11-18-38)43-27-31-47-45-21-12-14-23-51(45)59(7,8)53(47)36-43/h9-37H,1-8H3. The fourth-order valence-corrected chi connectivity index (χ4v) is 11.0. The van der Waals surface area contributed by atoms with Gasteiger partial charge in [0.2, 0.25) is 0 Å². The van der Waals surface area contributed by atoms with Gasteiger partial charge >= 0.3 is 0 Å². The molecule has 298 valence electrons. The summed E-state index contributed by atoms with van der Waals surface area (Å²) in [6.45, 7) is 18.8. The van der Waals surface area contributed by atoms with Gasteiger partial charge in [-0.15, -0.1) is 0 Å². The normalized spacial score (nSPS) is 14.8. The van der Waals surface area contributed by atoms with Crippen LogP contribution >= 0.6 is 0 Å². The van der Waals surface area contributed by atoms with E-state index in [4.69, 9.17) is 0 Å². The zero-order valence-electron chi connectivity index (χ0n) is 36.7. The molecule has 8 aromatic carbocycles. The minimum atomic E-state index is -0.492. The van der Waals surface area contributed by atoms with Gasteiger partial charge in [-0.05, 0) is 136 Å². The van der Waals surface area contributed by atoms with E-state index in [0.717, 1.165) is 17.1 Å². The van der Waals surface area contributed by atoms with Crippen LogP contribution in [0.2, 0.25) is 0 Å². The molecule has 61 heavy (non-hydrogen) atoms. The van der Waals surface area contributed by atoms with Crippen molar-refractivity contribution in [3.05, 3.63) is 220 Å². The van der Waals surface area contributed by atoms with E-state index in [9.17, 15) is 0 Å². The molecule has 3 aliphatic rings. The predicted molar refractivity (Wildman–Crippen MR) is 258 cm³/mol. The van der Waals surface area contributed by atoms with E-state index in [-0.39, 0.29) is 16.2 Å². The molecule has 0 heterocycles. The first-order valence-electron chi connectivity index (χ1n) is 22.0. The molecule has 0 fully saturated rings. The summed E-state index contributed by atoms with van der Waals surface area (Å²) in [6.07, 6.45) is 0. The molecule has 0 atom stereocenters. The molecule has 1 nitrogen and oxygen atoms in total. The third-order valence-electron chi connectivity index (χ3n) is 14.2. The SMILES string of the molecule is CC(C)(C)c1ccc2c(c1)C1(c3ccccc3-c3ccc(N(c4cccc(-c5ccccc5)c4)c4ccc5c(c4)C(C)(C)c4ccccc4-5)cc31)c1cc(C(C)(C)C)ccc1-2. The molecule has 0 saturated carbocycles. The molecule has 0 bridgehead atoms. The Bertz CT molecular complexity index is 3010. The van der Waals surface area contributed by atoms with Crippen LogP contribution in [0.3, 0.4) is 0 Å². The topological polar surface area (TPSA) is 3.24 Å². The summed E-state index contributed by atoms with van der Waals surface area (Å²) in [7, 11) is 0. The fraction of sp³-hybridized carbons (Fsp3) is 0.200. The second kappa shape index (κ2) is 13.0. The van der Waals surface area contributed by atoms with Crippen LogP contribution in [0.4, 0.5) is 17.1 Å².